The Morgan fingerprint density at radius 1 is 1.39 bits per heavy atom. The summed E-state index contributed by atoms with van der Waals surface area (Å²) < 4.78 is 6.22. The summed E-state index contributed by atoms with van der Waals surface area (Å²) in [6, 6.07) is 3.16. The lowest BCUT2D eigenvalue weighted by Gasteiger charge is -2.21. The maximum absolute atomic E-state index is 11.6. The molecule has 0 aliphatic heterocycles. The fourth-order valence-corrected chi connectivity index (χ4v) is 2.14. The molecule has 1 aromatic rings. The highest BCUT2D eigenvalue weighted by molar-refractivity contribution is 9.10. The van der Waals surface area contributed by atoms with Crippen LogP contribution in [-0.4, -0.2) is 12.0 Å². The van der Waals surface area contributed by atoms with Crippen molar-refractivity contribution in [1.82, 2.24) is 5.43 Å². The molecule has 0 radical (unpaired) electrons. The number of benzene rings is 1. The number of nitrogens with one attached hydrogen (secondary N) is 1. The third kappa shape index (κ3) is 3.75. The largest absolute Gasteiger partial charge is 0.479 e. The quantitative estimate of drug-likeness (QED) is 0.377. The number of halogens is 3. The first-order valence-corrected chi connectivity index (χ1v) is 6.73. The first-order chi connectivity index (χ1) is 8.36. The lowest BCUT2D eigenvalue weighted by atomic mass is 10.1. The molecule has 1 unspecified atom stereocenters. The van der Waals surface area contributed by atoms with Crippen molar-refractivity contribution in [2.45, 2.75) is 20.0 Å². The minimum atomic E-state index is -0.732. The molecule has 0 aliphatic carbocycles. The van der Waals surface area contributed by atoms with Crippen LogP contribution in [0, 0.1) is 5.92 Å². The highest BCUT2D eigenvalue weighted by Crippen LogP contribution is 2.35. The maximum atomic E-state index is 11.6. The topological polar surface area (TPSA) is 64.3 Å². The average molecular weight is 356 g/mol. The number of ether oxygens (including phenoxy) is 1. The molecule has 0 aliphatic rings. The summed E-state index contributed by atoms with van der Waals surface area (Å²) in [6.45, 7) is 3.68. The van der Waals surface area contributed by atoms with Gasteiger partial charge in [-0.3, -0.25) is 10.2 Å². The molecular weight excluding hydrogens is 343 g/mol. The number of hydrogen-bond donors (Lipinski definition) is 2. The Kier molecular flexibility index (Phi) is 5.72. The highest BCUT2D eigenvalue weighted by atomic mass is 79.9. The molecule has 18 heavy (non-hydrogen) atoms. The van der Waals surface area contributed by atoms with Gasteiger partial charge in [-0.25, -0.2) is 5.84 Å². The van der Waals surface area contributed by atoms with Crippen molar-refractivity contribution in [2.24, 2.45) is 11.8 Å². The van der Waals surface area contributed by atoms with E-state index >= 15 is 0 Å². The van der Waals surface area contributed by atoms with Crippen LogP contribution in [0.25, 0.3) is 0 Å². The van der Waals surface area contributed by atoms with Crippen LogP contribution in [0.2, 0.25) is 10.0 Å². The first-order valence-electron chi connectivity index (χ1n) is 5.18. The van der Waals surface area contributed by atoms with Gasteiger partial charge in [0.05, 0.1) is 10.0 Å². The summed E-state index contributed by atoms with van der Waals surface area (Å²) in [5.41, 5.74) is 2.06. The van der Waals surface area contributed by atoms with E-state index in [0.29, 0.717) is 20.3 Å². The van der Waals surface area contributed by atoms with E-state index in [2.05, 4.69) is 21.4 Å². The van der Waals surface area contributed by atoms with Crippen LogP contribution in [0.3, 0.4) is 0 Å². The number of hydrazine groups is 1. The zero-order valence-electron chi connectivity index (χ0n) is 9.84. The number of nitrogens with two attached hydrogens (primary N) is 1. The number of amides is 1. The minimum absolute atomic E-state index is 0.0629. The van der Waals surface area contributed by atoms with Gasteiger partial charge in [-0.2, -0.15) is 0 Å². The Balaban J connectivity index is 3.01. The number of rotatable bonds is 4. The molecule has 100 valence electrons. The Hall–Kier alpha value is -0.490. The van der Waals surface area contributed by atoms with Gasteiger partial charge in [0.15, 0.2) is 6.10 Å². The van der Waals surface area contributed by atoms with Crippen LogP contribution in [0.15, 0.2) is 16.6 Å². The number of carbonyl (C=O) groups is 1. The fourth-order valence-electron chi connectivity index (χ4n) is 1.31. The van der Waals surface area contributed by atoms with Gasteiger partial charge in [0, 0.05) is 10.5 Å². The second-order valence-corrected chi connectivity index (χ2v) is 5.66. The van der Waals surface area contributed by atoms with Gasteiger partial charge < -0.3 is 4.74 Å². The molecule has 0 saturated heterocycles. The van der Waals surface area contributed by atoms with E-state index in [1.807, 2.05) is 13.8 Å². The molecule has 0 spiro atoms. The van der Waals surface area contributed by atoms with Gasteiger partial charge in [0.1, 0.15) is 5.75 Å². The van der Waals surface area contributed by atoms with Crippen molar-refractivity contribution in [2.75, 3.05) is 0 Å². The molecule has 3 N–H and O–H groups in total. The smallest absolute Gasteiger partial charge is 0.275 e. The van der Waals surface area contributed by atoms with Gasteiger partial charge in [0.2, 0.25) is 0 Å². The normalized spacial score (nSPS) is 12.4. The third-order valence-corrected chi connectivity index (χ3v) is 3.73. The van der Waals surface area contributed by atoms with Gasteiger partial charge in [-0.15, -0.1) is 0 Å². The van der Waals surface area contributed by atoms with E-state index in [1.54, 1.807) is 12.1 Å². The zero-order chi connectivity index (χ0) is 13.9. The molecule has 0 saturated carbocycles. The van der Waals surface area contributed by atoms with Gasteiger partial charge >= 0.3 is 0 Å². The summed E-state index contributed by atoms with van der Waals surface area (Å²) in [7, 11) is 0. The van der Waals surface area contributed by atoms with Crippen LogP contribution in [0.5, 0.6) is 5.75 Å². The molecule has 1 aromatic carbocycles. The Morgan fingerprint density at radius 2 is 2.00 bits per heavy atom. The van der Waals surface area contributed by atoms with Crippen LogP contribution in [-0.2, 0) is 4.79 Å². The SMILES string of the molecule is CC(C)C(Oc1cc(Cl)c(Br)cc1Cl)C(=O)NN. The first kappa shape index (κ1) is 15.6. The van der Waals surface area contributed by atoms with Crippen molar-refractivity contribution >= 4 is 45.0 Å². The maximum Gasteiger partial charge on any atom is 0.275 e. The standard InChI is InChI=1S/C11H13BrCl2N2O2/c1-5(2)10(11(17)16-15)18-9-4-7(13)6(12)3-8(9)14/h3-5,10H,15H2,1-2H3,(H,16,17). The van der Waals surface area contributed by atoms with Crippen LogP contribution in [0.4, 0.5) is 0 Å². The van der Waals surface area contributed by atoms with E-state index in [9.17, 15) is 4.79 Å². The number of hydrogen-bond acceptors (Lipinski definition) is 3. The molecule has 0 bridgehead atoms. The Morgan fingerprint density at radius 3 is 2.50 bits per heavy atom. The van der Waals surface area contributed by atoms with Crippen molar-refractivity contribution in [3.63, 3.8) is 0 Å². The summed E-state index contributed by atoms with van der Waals surface area (Å²) in [6.07, 6.45) is -0.732. The summed E-state index contributed by atoms with van der Waals surface area (Å²) in [4.78, 5) is 11.6. The Bertz CT molecular complexity index is 455. The van der Waals surface area contributed by atoms with Crippen molar-refractivity contribution in [3.8, 4) is 5.75 Å². The predicted molar refractivity (Wildman–Crippen MR) is 75.7 cm³/mol. The van der Waals surface area contributed by atoms with Crippen LogP contribution < -0.4 is 16.0 Å². The molecule has 0 fully saturated rings. The van der Waals surface area contributed by atoms with E-state index in [4.69, 9.17) is 33.8 Å². The van der Waals surface area contributed by atoms with Gasteiger partial charge in [-0.05, 0) is 27.9 Å². The monoisotopic (exact) mass is 354 g/mol. The van der Waals surface area contributed by atoms with E-state index in [1.165, 1.54) is 0 Å². The van der Waals surface area contributed by atoms with Crippen LogP contribution in [0.1, 0.15) is 13.8 Å². The van der Waals surface area contributed by atoms with E-state index < -0.39 is 12.0 Å². The molecule has 4 nitrogen and oxygen atoms in total. The van der Waals surface area contributed by atoms with Gasteiger partial charge in [-0.1, -0.05) is 37.0 Å². The predicted octanol–water partition coefficient (Wildman–Crippen LogP) is 3.15. The van der Waals surface area contributed by atoms with Crippen molar-refractivity contribution in [3.05, 3.63) is 26.7 Å². The Labute approximate surface area is 124 Å². The second kappa shape index (κ2) is 6.61. The number of carbonyl (C=O) groups excluding carboxylic acids is 1. The molecule has 1 atom stereocenters. The highest BCUT2D eigenvalue weighted by Gasteiger charge is 2.24. The molecule has 1 amide bonds. The summed E-state index contributed by atoms with van der Waals surface area (Å²) in [5.74, 6) is 4.97. The van der Waals surface area contributed by atoms with Gasteiger partial charge in [0.25, 0.3) is 5.91 Å². The third-order valence-electron chi connectivity index (χ3n) is 2.23. The molecular formula is C11H13BrCl2N2O2. The summed E-state index contributed by atoms with van der Waals surface area (Å²) >= 11 is 15.2. The average Bonchev–Trinajstić information content (AvgIpc) is 2.30. The second-order valence-electron chi connectivity index (χ2n) is 3.99. The lowest BCUT2D eigenvalue weighted by Crippen LogP contribution is -2.44. The fraction of sp³-hybridized carbons (Fsp3) is 0.364. The zero-order valence-corrected chi connectivity index (χ0v) is 12.9. The lowest BCUT2D eigenvalue weighted by molar-refractivity contribution is -0.129. The van der Waals surface area contributed by atoms with E-state index in [0.717, 1.165) is 0 Å². The minimum Gasteiger partial charge on any atom is -0.479 e. The van der Waals surface area contributed by atoms with E-state index in [-0.39, 0.29) is 5.92 Å². The molecule has 1 rings (SSSR count). The molecule has 0 heterocycles. The van der Waals surface area contributed by atoms with Crippen molar-refractivity contribution < 1.29 is 9.53 Å². The van der Waals surface area contributed by atoms with Crippen LogP contribution >= 0.6 is 39.1 Å². The molecule has 0 aromatic heterocycles. The molecule has 7 heteroatoms. The summed E-state index contributed by atoms with van der Waals surface area (Å²) in [5, 5.41) is 0.812. The van der Waals surface area contributed by atoms with Crippen molar-refractivity contribution in [1.29, 1.82) is 0 Å².